The molecule has 0 aliphatic heterocycles. The molecular weight excluding hydrogens is 334 g/mol. The average Bonchev–Trinajstić information content (AvgIpc) is 3.08. The van der Waals surface area contributed by atoms with Crippen LogP contribution in [0.5, 0.6) is 5.75 Å². The number of esters is 1. The molecule has 7 nitrogen and oxygen atoms in total. The monoisotopic (exact) mass is 353 g/mol. The number of benzene rings is 1. The number of ether oxygens (including phenoxy) is 2. The minimum absolute atomic E-state index is 0.156. The number of hydrogen-bond acceptors (Lipinski definition) is 5. The van der Waals surface area contributed by atoms with Crippen LogP contribution in [0.25, 0.3) is 5.65 Å². The molecule has 3 rings (SSSR count). The Hall–Kier alpha value is -3.35. The molecule has 1 atom stereocenters. The lowest BCUT2D eigenvalue weighted by molar-refractivity contribution is -0.123. The molecule has 0 bridgehead atoms. The van der Waals surface area contributed by atoms with Crippen LogP contribution in [0.2, 0.25) is 0 Å². The fourth-order valence-corrected chi connectivity index (χ4v) is 2.44. The standard InChI is InChI=1S/C19H19N3O4/c1-12-5-4-6-17-21-16(11-22(12)17)19(24)26-13(2)18(23)20-14-7-9-15(25-3)10-8-14/h4-11,13H,1-3H3,(H,20,23)/t13-/m0/s1. The van der Waals surface area contributed by atoms with Crippen molar-refractivity contribution >= 4 is 23.2 Å². The summed E-state index contributed by atoms with van der Waals surface area (Å²) in [7, 11) is 1.57. The first kappa shape index (κ1) is 17.5. The summed E-state index contributed by atoms with van der Waals surface area (Å²) in [6.45, 7) is 3.42. The Bertz CT molecular complexity index is 947. The minimum Gasteiger partial charge on any atom is -0.497 e. The number of nitrogens with one attached hydrogen (secondary N) is 1. The van der Waals surface area contributed by atoms with Crippen molar-refractivity contribution in [3.63, 3.8) is 0 Å². The third kappa shape index (κ3) is 3.66. The van der Waals surface area contributed by atoms with Gasteiger partial charge in [-0.15, -0.1) is 0 Å². The molecule has 0 spiro atoms. The summed E-state index contributed by atoms with van der Waals surface area (Å²) in [4.78, 5) is 28.7. The number of amides is 1. The summed E-state index contributed by atoms with van der Waals surface area (Å²) in [5, 5.41) is 2.69. The van der Waals surface area contributed by atoms with Crippen LogP contribution in [0.15, 0.2) is 48.7 Å². The fourth-order valence-electron chi connectivity index (χ4n) is 2.44. The molecule has 26 heavy (non-hydrogen) atoms. The van der Waals surface area contributed by atoms with Crippen LogP contribution in [-0.4, -0.2) is 34.5 Å². The second-order valence-electron chi connectivity index (χ2n) is 5.79. The lowest BCUT2D eigenvalue weighted by Crippen LogP contribution is -2.30. The lowest BCUT2D eigenvalue weighted by atomic mass is 10.3. The molecule has 2 heterocycles. The number of carbonyl (C=O) groups excluding carboxylic acids is 2. The number of hydrogen-bond donors (Lipinski definition) is 1. The Morgan fingerprint density at radius 2 is 1.88 bits per heavy atom. The quantitative estimate of drug-likeness (QED) is 0.713. The van der Waals surface area contributed by atoms with Crippen molar-refractivity contribution in [3.8, 4) is 5.75 Å². The summed E-state index contributed by atoms with van der Waals surface area (Å²) in [5.41, 5.74) is 2.33. The highest BCUT2D eigenvalue weighted by Gasteiger charge is 2.21. The van der Waals surface area contributed by atoms with Gasteiger partial charge in [0.1, 0.15) is 11.4 Å². The molecule has 0 saturated heterocycles. The number of nitrogens with zero attached hydrogens (tertiary/aromatic N) is 2. The normalized spacial score (nSPS) is 11.8. The van der Waals surface area contributed by atoms with Crippen molar-refractivity contribution in [2.45, 2.75) is 20.0 Å². The number of aromatic nitrogens is 2. The van der Waals surface area contributed by atoms with E-state index in [1.165, 1.54) is 6.92 Å². The van der Waals surface area contributed by atoms with Gasteiger partial charge in [-0.1, -0.05) is 6.07 Å². The number of carbonyl (C=O) groups is 2. The highest BCUT2D eigenvalue weighted by molar-refractivity contribution is 5.97. The van der Waals surface area contributed by atoms with Crippen molar-refractivity contribution in [3.05, 3.63) is 60.0 Å². The van der Waals surface area contributed by atoms with Gasteiger partial charge in [0.05, 0.1) is 7.11 Å². The number of anilines is 1. The molecule has 1 amide bonds. The van der Waals surface area contributed by atoms with Crippen molar-refractivity contribution in [2.24, 2.45) is 0 Å². The molecule has 0 saturated carbocycles. The van der Waals surface area contributed by atoms with Crippen molar-refractivity contribution < 1.29 is 19.1 Å². The van der Waals surface area contributed by atoms with Crippen LogP contribution in [0.3, 0.4) is 0 Å². The summed E-state index contributed by atoms with van der Waals surface area (Å²) >= 11 is 0. The average molecular weight is 353 g/mol. The van der Waals surface area contributed by atoms with Gasteiger partial charge in [-0.2, -0.15) is 0 Å². The second-order valence-corrected chi connectivity index (χ2v) is 5.79. The predicted molar refractivity (Wildman–Crippen MR) is 96.4 cm³/mol. The maximum Gasteiger partial charge on any atom is 0.359 e. The first-order valence-corrected chi connectivity index (χ1v) is 8.08. The van der Waals surface area contributed by atoms with E-state index in [0.29, 0.717) is 17.1 Å². The number of fused-ring (bicyclic) bond motifs is 1. The van der Waals surface area contributed by atoms with Crippen LogP contribution in [0, 0.1) is 6.92 Å². The van der Waals surface area contributed by atoms with Gasteiger partial charge in [-0.25, -0.2) is 9.78 Å². The van der Waals surface area contributed by atoms with E-state index in [9.17, 15) is 9.59 Å². The van der Waals surface area contributed by atoms with Crippen LogP contribution in [0.4, 0.5) is 5.69 Å². The number of rotatable bonds is 5. The van der Waals surface area contributed by atoms with E-state index in [4.69, 9.17) is 9.47 Å². The third-order valence-electron chi connectivity index (χ3n) is 3.92. The summed E-state index contributed by atoms with van der Waals surface area (Å²) < 4.78 is 12.1. The van der Waals surface area contributed by atoms with E-state index in [1.807, 2.05) is 19.1 Å². The Morgan fingerprint density at radius 1 is 1.15 bits per heavy atom. The topological polar surface area (TPSA) is 81.9 Å². The van der Waals surface area contributed by atoms with E-state index in [2.05, 4.69) is 10.3 Å². The van der Waals surface area contributed by atoms with Gasteiger partial charge in [0.2, 0.25) is 0 Å². The van der Waals surface area contributed by atoms with E-state index in [1.54, 1.807) is 48.0 Å². The van der Waals surface area contributed by atoms with E-state index < -0.39 is 18.0 Å². The number of imidazole rings is 1. The lowest BCUT2D eigenvalue weighted by Gasteiger charge is -2.13. The highest BCUT2D eigenvalue weighted by atomic mass is 16.5. The van der Waals surface area contributed by atoms with E-state index in [0.717, 1.165) is 5.69 Å². The molecule has 2 aromatic heterocycles. The molecule has 0 aliphatic rings. The predicted octanol–water partition coefficient (Wildman–Crippen LogP) is 2.84. The molecule has 134 valence electrons. The van der Waals surface area contributed by atoms with Gasteiger partial charge in [0.15, 0.2) is 11.8 Å². The third-order valence-corrected chi connectivity index (χ3v) is 3.92. The van der Waals surface area contributed by atoms with Gasteiger partial charge in [-0.05, 0) is 50.2 Å². The Balaban J connectivity index is 1.65. The minimum atomic E-state index is -0.962. The van der Waals surface area contributed by atoms with Crippen LogP contribution < -0.4 is 10.1 Å². The molecule has 7 heteroatoms. The largest absolute Gasteiger partial charge is 0.497 e. The smallest absolute Gasteiger partial charge is 0.359 e. The van der Waals surface area contributed by atoms with Crippen molar-refractivity contribution in [2.75, 3.05) is 12.4 Å². The van der Waals surface area contributed by atoms with Gasteiger partial charge < -0.3 is 19.2 Å². The maximum absolute atomic E-state index is 12.3. The van der Waals surface area contributed by atoms with Gasteiger partial charge in [0.25, 0.3) is 5.91 Å². The van der Waals surface area contributed by atoms with E-state index in [-0.39, 0.29) is 5.69 Å². The van der Waals surface area contributed by atoms with Crippen molar-refractivity contribution in [1.29, 1.82) is 0 Å². The number of aryl methyl sites for hydroxylation is 1. The molecule has 0 unspecified atom stereocenters. The SMILES string of the molecule is COc1ccc(NC(=O)[C@H](C)OC(=O)c2cn3c(C)cccc3n2)cc1. The first-order valence-electron chi connectivity index (χ1n) is 8.08. The number of methoxy groups -OCH3 is 1. The zero-order valence-electron chi connectivity index (χ0n) is 14.7. The van der Waals surface area contributed by atoms with Gasteiger partial charge in [-0.3, -0.25) is 4.79 Å². The van der Waals surface area contributed by atoms with Crippen molar-refractivity contribution in [1.82, 2.24) is 9.38 Å². The zero-order chi connectivity index (χ0) is 18.7. The summed E-state index contributed by atoms with van der Waals surface area (Å²) in [6, 6.07) is 12.4. The number of pyridine rings is 1. The van der Waals surface area contributed by atoms with Crippen LogP contribution in [0.1, 0.15) is 23.1 Å². The summed E-state index contributed by atoms with van der Waals surface area (Å²) in [6.07, 6.45) is 0.636. The van der Waals surface area contributed by atoms with Crippen LogP contribution in [-0.2, 0) is 9.53 Å². The second kappa shape index (κ2) is 7.26. The molecule has 0 aliphatic carbocycles. The molecule has 0 radical (unpaired) electrons. The molecule has 0 fully saturated rings. The summed E-state index contributed by atoms with van der Waals surface area (Å²) in [5.74, 6) is -0.390. The maximum atomic E-state index is 12.3. The molecule has 3 aromatic rings. The molecular formula is C19H19N3O4. The highest BCUT2D eigenvalue weighted by Crippen LogP contribution is 2.16. The van der Waals surface area contributed by atoms with Gasteiger partial charge >= 0.3 is 5.97 Å². The first-order chi connectivity index (χ1) is 12.5. The molecule has 1 aromatic carbocycles. The Morgan fingerprint density at radius 3 is 2.54 bits per heavy atom. The van der Waals surface area contributed by atoms with Gasteiger partial charge in [0, 0.05) is 17.6 Å². The Labute approximate surface area is 150 Å². The molecule has 1 N–H and O–H groups in total. The zero-order valence-corrected chi connectivity index (χ0v) is 14.7. The Kier molecular flexibility index (Phi) is 4.88. The van der Waals surface area contributed by atoms with Crippen LogP contribution >= 0.6 is 0 Å². The van der Waals surface area contributed by atoms with E-state index >= 15 is 0 Å². The fraction of sp³-hybridized carbons (Fsp3) is 0.211.